The van der Waals surface area contributed by atoms with Crippen molar-refractivity contribution in [2.75, 3.05) is 5.32 Å². The van der Waals surface area contributed by atoms with E-state index >= 15 is 0 Å². The van der Waals surface area contributed by atoms with Crippen LogP contribution in [0.4, 0.5) is 5.69 Å². The van der Waals surface area contributed by atoms with Crippen LogP contribution < -0.4 is 5.32 Å². The predicted octanol–water partition coefficient (Wildman–Crippen LogP) is 4.73. The number of carbonyl (C=O) groups excluding carboxylic acids is 1. The molecule has 0 saturated heterocycles. The highest BCUT2D eigenvalue weighted by Crippen LogP contribution is 2.16. The van der Waals surface area contributed by atoms with Crippen LogP contribution in [0.15, 0.2) is 79.1 Å². The highest BCUT2D eigenvalue weighted by molar-refractivity contribution is 6.04. The molecule has 144 valence electrons. The zero-order chi connectivity index (χ0) is 20.2. The van der Waals surface area contributed by atoms with Crippen LogP contribution in [0.3, 0.4) is 0 Å². The molecule has 1 amide bonds. The topological polar surface area (TPSA) is 59.8 Å². The Balaban J connectivity index is 1.42. The Labute approximate surface area is 170 Å². The van der Waals surface area contributed by atoms with Crippen LogP contribution >= 0.6 is 0 Å². The van der Waals surface area contributed by atoms with Crippen molar-refractivity contribution in [2.45, 2.75) is 20.3 Å². The number of carbonyl (C=O) groups is 1. The summed E-state index contributed by atoms with van der Waals surface area (Å²) in [5, 5.41) is 7.43. The Morgan fingerprint density at radius 3 is 2.17 bits per heavy atom. The van der Waals surface area contributed by atoms with Gasteiger partial charge in [0.2, 0.25) is 0 Å². The molecule has 0 saturated carbocycles. The molecule has 0 fully saturated rings. The van der Waals surface area contributed by atoms with Crippen LogP contribution in [-0.4, -0.2) is 20.7 Å². The summed E-state index contributed by atoms with van der Waals surface area (Å²) < 4.78 is 1.87. The number of nitrogens with zero attached hydrogens (tertiary/aromatic N) is 3. The summed E-state index contributed by atoms with van der Waals surface area (Å²) in [6.07, 6.45) is 4.43. The van der Waals surface area contributed by atoms with Crippen molar-refractivity contribution < 1.29 is 4.79 Å². The van der Waals surface area contributed by atoms with Crippen molar-refractivity contribution in [3.63, 3.8) is 0 Å². The molecule has 5 nitrogen and oxygen atoms in total. The zero-order valence-corrected chi connectivity index (χ0v) is 16.5. The first-order valence-corrected chi connectivity index (χ1v) is 9.51. The molecule has 0 unspecified atom stereocenters. The van der Waals surface area contributed by atoms with Gasteiger partial charge in [-0.3, -0.25) is 9.78 Å². The summed E-state index contributed by atoms with van der Waals surface area (Å²) in [6.45, 7) is 3.98. The van der Waals surface area contributed by atoms with E-state index in [4.69, 9.17) is 0 Å². The third kappa shape index (κ3) is 4.41. The summed E-state index contributed by atoms with van der Waals surface area (Å²) in [4.78, 5) is 16.6. The van der Waals surface area contributed by atoms with E-state index in [9.17, 15) is 4.79 Å². The van der Waals surface area contributed by atoms with Crippen molar-refractivity contribution in [2.24, 2.45) is 0 Å². The van der Waals surface area contributed by atoms with Crippen molar-refractivity contribution in [3.8, 4) is 5.69 Å². The van der Waals surface area contributed by atoms with Gasteiger partial charge in [-0.15, -0.1) is 0 Å². The molecule has 2 aromatic heterocycles. The summed E-state index contributed by atoms with van der Waals surface area (Å²) in [5.74, 6) is -0.133. The minimum Gasteiger partial charge on any atom is -0.322 e. The van der Waals surface area contributed by atoms with E-state index in [0.29, 0.717) is 5.56 Å². The molecule has 29 heavy (non-hydrogen) atoms. The SMILES string of the molecule is Cc1cc(C)n(-c2ccc(C(=O)Nc3ccc(Cc4ccncc4)cc3)cc2)n1. The van der Waals surface area contributed by atoms with Gasteiger partial charge in [0, 0.05) is 29.3 Å². The monoisotopic (exact) mass is 382 g/mol. The van der Waals surface area contributed by atoms with Gasteiger partial charge < -0.3 is 5.32 Å². The molecule has 0 aliphatic heterocycles. The number of rotatable bonds is 5. The summed E-state index contributed by atoms with van der Waals surface area (Å²) in [5.41, 5.74) is 6.74. The largest absolute Gasteiger partial charge is 0.322 e. The number of aryl methyl sites for hydroxylation is 2. The van der Waals surface area contributed by atoms with Gasteiger partial charge in [-0.2, -0.15) is 5.10 Å². The number of nitrogens with one attached hydrogen (secondary N) is 1. The summed E-state index contributed by atoms with van der Waals surface area (Å²) in [7, 11) is 0. The van der Waals surface area contributed by atoms with Crippen molar-refractivity contribution in [3.05, 3.63) is 107 Å². The first kappa shape index (κ1) is 18.6. The molecule has 0 aliphatic rings. The number of pyridine rings is 1. The highest BCUT2D eigenvalue weighted by atomic mass is 16.1. The second-order valence-corrected chi connectivity index (χ2v) is 7.07. The molecule has 5 heteroatoms. The van der Waals surface area contributed by atoms with Gasteiger partial charge in [-0.05, 0) is 86.0 Å². The van der Waals surface area contributed by atoms with Gasteiger partial charge in [0.25, 0.3) is 5.91 Å². The number of hydrogen-bond acceptors (Lipinski definition) is 3. The van der Waals surface area contributed by atoms with Gasteiger partial charge in [0.15, 0.2) is 0 Å². The van der Waals surface area contributed by atoms with Crippen LogP contribution in [0.2, 0.25) is 0 Å². The average Bonchev–Trinajstić information content (AvgIpc) is 3.08. The third-order valence-electron chi connectivity index (χ3n) is 4.75. The molecule has 2 aromatic carbocycles. The smallest absolute Gasteiger partial charge is 0.255 e. The number of amides is 1. The first-order valence-electron chi connectivity index (χ1n) is 9.51. The molecular formula is C24H22N4O. The van der Waals surface area contributed by atoms with Gasteiger partial charge in [0.05, 0.1) is 11.4 Å². The lowest BCUT2D eigenvalue weighted by atomic mass is 10.1. The van der Waals surface area contributed by atoms with Gasteiger partial charge in [-0.25, -0.2) is 4.68 Å². The fraction of sp³-hybridized carbons (Fsp3) is 0.125. The lowest BCUT2D eigenvalue weighted by Gasteiger charge is -2.08. The summed E-state index contributed by atoms with van der Waals surface area (Å²) >= 11 is 0. The van der Waals surface area contributed by atoms with E-state index in [1.807, 2.05) is 85.3 Å². The summed E-state index contributed by atoms with van der Waals surface area (Å²) in [6, 6.07) is 21.4. The Morgan fingerprint density at radius 2 is 1.55 bits per heavy atom. The second-order valence-electron chi connectivity index (χ2n) is 7.07. The maximum Gasteiger partial charge on any atom is 0.255 e. The Kier molecular flexibility index (Phi) is 5.20. The van der Waals surface area contributed by atoms with Crippen LogP contribution in [0, 0.1) is 13.8 Å². The predicted molar refractivity (Wildman–Crippen MR) is 114 cm³/mol. The van der Waals surface area contributed by atoms with Gasteiger partial charge in [-0.1, -0.05) is 12.1 Å². The number of hydrogen-bond donors (Lipinski definition) is 1. The maximum absolute atomic E-state index is 12.6. The number of anilines is 1. The highest BCUT2D eigenvalue weighted by Gasteiger charge is 2.08. The average molecular weight is 382 g/mol. The molecule has 2 heterocycles. The van der Waals surface area contributed by atoms with Crippen molar-refractivity contribution in [1.29, 1.82) is 0 Å². The molecule has 0 spiro atoms. The van der Waals surface area contributed by atoms with Gasteiger partial charge in [0.1, 0.15) is 0 Å². The Bertz CT molecular complexity index is 1110. The molecule has 0 bridgehead atoms. The fourth-order valence-electron chi connectivity index (χ4n) is 3.29. The Hall–Kier alpha value is -3.73. The normalized spacial score (nSPS) is 10.7. The molecule has 1 N–H and O–H groups in total. The van der Waals surface area contributed by atoms with Crippen LogP contribution in [-0.2, 0) is 6.42 Å². The van der Waals surface area contributed by atoms with E-state index in [1.54, 1.807) is 12.4 Å². The van der Waals surface area contributed by atoms with E-state index in [2.05, 4.69) is 15.4 Å². The third-order valence-corrected chi connectivity index (χ3v) is 4.75. The van der Waals surface area contributed by atoms with Crippen molar-refractivity contribution in [1.82, 2.24) is 14.8 Å². The minimum absolute atomic E-state index is 0.133. The van der Waals surface area contributed by atoms with Crippen LogP contribution in [0.1, 0.15) is 32.9 Å². The lowest BCUT2D eigenvalue weighted by Crippen LogP contribution is -2.12. The fourth-order valence-corrected chi connectivity index (χ4v) is 3.29. The van der Waals surface area contributed by atoms with E-state index < -0.39 is 0 Å². The lowest BCUT2D eigenvalue weighted by molar-refractivity contribution is 0.102. The minimum atomic E-state index is -0.133. The van der Waals surface area contributed by atoms with Crippen LogP contribution in [0.25, 0.3) is 5.69 Å². The van der Waals surface area contributed by atoms with Gasteiger partial charge >= 0.3 is 0 Å². The number of aromatic nitrogens is 3. The first-order chi connectivity index (χ1) is 14.1. The van der Waals surface area contributed by atoms with Crippen molar-refractivity contribution >= 4 is 11.6 Å². The maximum atomic E-state index is 12.6. The second kappa shape index (κ2) is 8.10. The van der Waals surface area contributed by atoms with E-state index in [1.165, 1.54) is 11.1 Å². The zero-order valence-electron chi connectivity index (χ0n) is 16.5. The molecule has 0 atom stereocenters. The standard InChI is InChI=1S/C24H22N4O/c1-17-15-18(2)28(27-17)23-9-5-21(6-10-23)24(29)26-22-7-3-19(4-8-22)16-20-11-13-25-14-12-20/h3-15H,16H2,1-2H3,(H,26,29). The molecule has 0 radical (unpaired) electrons. The van der Waals surface area contributed by atoms with Crippen LogP contribution in [0.5, 0.6) is 0 Å². The molecule has 4 aromatic rings. The molecule has 0 aliphatic carbocycles. The molecule has 4 rings (SSSR count). The number of benzene rings is 2. The Morgan fingerprint density at radius 1 is 0.897 bits per heavy atom. The quantitative estimate of drug-likeness (QED) is 0.543. The molecular weight excluding hydrogens is 360 g/mol. The van der Waals surface area contributed by atoms with E-state index in [-0.39, 0.29) is 5.91 Å². The van der Waals surface area contributed by atoms with E-state index in [0.717, 1.165) is 29.2 Å².